The monoisotopic (exact) mass is 222 g/mol. The topological polar surface area (TPSA) is 38.1 Å². The minimum absolute atomic E-state index is 0.603. The van der Waals surface area contributed by atoms with Gasteiger partial charge in [-0.2, -0.15) is 0 Å². The molecule has 3 heteroatoms. The van der Waals surface area contributed by atoms with Crippen LogP contribution in [-0.4, -0.2) is 17.6 Å². The van der Waals surface area contributed by atoms with Gasteiger partial charge >= 0.3 is 0 Å². The number of hydrogen-bond acceptors (Lipinski definition) is 3. The molecule has 2 rings (SSSR count). The fraction of sp³-hybridized carbons (Fsp3) is 0.769. The van der Waals surface area contributed by atoms with Gasteiger partial charge < -0.3 is 9.73 Å². The first-order chi connectivity index (χ1) is 7.74. The van der Waals surface area contributed by atoms with Crippen LogP contribution in [0.4, 0.5) is 0 Å². The van der Waals surface area contributed by atoms with Crippen molar-refractivity contribution >= 4 is 0 Å². The van der Waals surface area contributed by atoms with Gasteiger partial charge in [0.15, 0.2) is 5.89 Å². The Balaban J connectivity index is 1.86. The zero-order chi connectivity index (χ0) is 11.4. The maximum Gasteiger partial charge on any atom is 0.194 e. The van der Waals surface area contributed by atoms with Crippen LogP contribution in [0.15, 0.2) is 10.7 Å². The summed E-state index contributed by atoms with van der Waals surface area (Å²) >= 11 is 0. The normalized spacial score (nSPS) is 21.6. The van der Waals surface area contributed by atoms with E-state index in [-0.39, 0.29) is 0 Å². The highest BCUT2D eigenvalue weighted by molar-refractivity contribution is 5.00. The van der Waals surface area contributed by atoms with Gasteiger partial charge in [-0.05, 0) is 25.3 Å². The van der Waals surface area contributed by atoms with Gasteiger partial charge in [0.1, 0.15) is 6.26 Å². The van der Waals surface area contributed by atoms with E-state index in [4.69, 9.17) is 4.42 Å². The Labute approximate surface area is 97.6 Å². The van der Waals surface area contributed by atoms with Crippen molar-refractivity contribution in [2.24, 2.45) is 5.92 Å². The molecule has 2 heterocycles. The first-order valence-electron chi connectivity index (χ1n) is 6.40. The second kappa shape index (κ2) is 5.48. The van der Waals surface area contributed by atoms with Crippen LogP contribution in [-0.2, 0) is 12.8 Å². The maximum absolute atomic E-state index is 5.48. The summed E-state index contributed by atoms with van der Waals surface area (Å²) in [6, 6.07) is 0.603. The van der Waals surface area contributed by atoms with Crippen LogP contribution in [0.2, 0.25) is 0 Å². The quantitative estimate of drug-likeness (QED) is 0.850. The van der Waals surface area contributed by atoms with E-state index >= 15 is 0 Å². The van der Waals surface area contributed by atoms with E-state index < -0.39 is 0 Å². The van der Waals surface area contributed by atoms with Crippen molar-refractivity contribution in [2.45, 2.75) is 52.0 Å². The Bertz CT molecular complexity index is 313. The summed E-state index contributed by atoms with van der Waals surface area (Å²) in [6.07, 6.45) is 7.71. The van der Waals surface area contributed by atoms with Gasteiger partial charge in [-0.15, -0.1) is 0 Å². The highest BCUT2D eigenvalue weighted by atomic mass is 16.3. The van der Waals surface area contributed by atoms with Crippen LogP contribution >= 0.6 is 0 Å². The zero-order valence-corrected chi connectivity index (χ0v) is 10.3. The molecule has 0 saturated carbocycles. The molecule has 1 saturated heterocycles. The molecule has 1 aromatic rings. The van der Waals surface area contributed by atoms with Gasteiger partial charge in [0.25, 0.3) is 0 Å². The van der Waals surface area contributed by atoms with Crippen molar-refractivity contribution in [3.05, 3.63) is 17.8 Å². The van der Waals surface area contributed by atoms with Crippen molar-refractivity contribution in [1.29, 1.82) is 0 Å². The Morgan fingerprint density at radius 3 is 3.06 bits per heavy atom. The van der Waals surface area contributed by atoms with Crippen molar-refractivity contribution in [1.82, 2.24) is 10.3 Å². The number of nitrogens with one attached hydrogen (secondary N) is 1. The molecule has 0 radical (unpaired) electrons. The molecule has 0 bridgehead atoms. The minimum Gasteiger partial charge on any atom is -0.449 e. The molecule has 0 amide bonds. The summed E-state index contributed by atoms with van der Waals surface area (Å²) in [5, 5.41) is 3.54. The molecule has 1 fully saturated rings. The lowest BCUT2D eigenvalue weighted by molar-refractivity contribution is 0.396. The number of rotatable bonds is 4. The van der Waals surface area contributed by atoms with E-state index in [1.807, 2.05) is 6.26 Å². The SMILES string of the molecule is CC(C)Cc1nc(CC2CCCCN2)co1. The molecule has 1 atom stereocenters. The molecule has 3 nitrogen and oxygen atoms in total. The molecular formula is C13H22N2O. The van der Waals surface area contributed by atoms with Gasteiger partial charge in [0.2, 0.25) is 0 Å². The number of piperidine rings is 1. The van der Waals surface area contributed by atoms with Gasteiger partial charge in [0, 0.05) is 18.9 Å². The van der Waals surface area contributed by atoms with Crippen LogP contribution in [0.3, 0.4) is 0 Å². The summed E-state index contributed by atoms with van der Waals surface area (Å²) in [5.74, 6) is 1.50. The molecular weight excluding hydrogens is 200 g/mol. The number of aromatic nitrogens is 1. The molecule has 90 valence electrons. The van der Waals surface area contributed by atoms with Crippen molar-refractivity contribution in [3.8, 4) is 0 Å². The predicted octanol–water partition coefficient (Wildman–Crippen LogP) is 2.56. The lowest BCUT2D eigenvalue weighted by atomic mass is 10.0. The Morgan fingerprint density at radius 1 is 1.50 bits per heavy atom. The molecule has 1 aliphatic rings. The Morgan fingerprint density at radius 2 is 2.38 bits per heavy atom. The average Bonchev–Trinajstić information content (AvgIpc) is 2.66. The third kappa shape index (κ3) is 3.34. The van der Waals surface area contributed by atoms with Crippen LogP contribution < -0.4 is 5.32 Å². The number of hydrogen-bond donors (Lipinski definition) is 1. The van der Waals surface area contributed by atoms with E-state index in [9.17, 15) is 0 Å². The maximum atomic E-state index is 5.48. The Hall–Kier alpha value is -0.830. The largest absolute Gasteiger partial charge is 0.449 e. The first-order valence-corrected chi connectivity index (χ1v) is 6.40. The molecule has 0 aliphatic carbocycles. The highest BCUT2D eigenvalue weighted by Crippen LogP contribution is 2.14. The summed E-state index contributed by atoms with van der Waals surface area (Å²) in [4.78, 5) is 4.54. The first kappa shape index (κ1) is 11.6. The summed E-state index contributed by atoms with van der Waals surface area (Å²) < 4.78 is 5.48. The van der Waals surface area contributed by atoms with E-state index in [0.29, 0.717) is 12.0 Å². The van der Waals surface area contributed by atoms with E-state index in [0.717, 1.165) is 31.0 Å². The zero-order valence-electron chi connectivity index (χ0n) is 10.3. The third-order valence-corrected chi connectivity index (χ3v) is 3.05. The van der Waals surface area contributed by atoms with E-state index in [1.54, 1.807) is 0 Å². The summed E-state index contributed by atoms with van der Waals surface area (Å²) in [5.41, 5.74) is 1.11. The lowest BCUT2D eigenvalue weighted by Crippen LogP contribution is -2.35. The smallest absolute Gasteiger partial charge is 0.194 e. The van der Waals surface area contributed by atoms with Crippen LogP contribution in [0.1, 0.15) is 44.7 Å². The Kier molecular flexibility index (Phi) is 3.99. The van der Waals surface area contributed by atoms with E-state index in [1.165, 1.54) is 19.3 Å². The molecule has 1 aromatic heterocycles. The molecule has 1 N–H and O–H groups in total. The number of oxazole rings is 1. The van der Waals surface area contributed by atoms with Crippen molar-refractivity contribution in [3.63, 3.8) is 0 Å². The standard InChI is InChI=1S/C13H22N2O/c1-10(2)7-13-15-12(9-16-13)8-11-5-3-4-6-14-11/h9-11,14H,3-8H2,1-2H3. The van der Waals surface area contributed by atoms with Crippen LogP contribution in [0.5, 0.6) is 0 Å². The summed E-state index contributed by atoms with van der Waals surface area (Å²) in [6.45, 7) is 5.53. The third-order valence-electron chi connectivity index (χ3n) is 3.05. The van der Waals surface area contributed by atoms with E-state index in [2.05, 4.69) is 24.1 Å². The van der Waals surface area contributed by atoms with Gasteiger partial charge in [-0.3, -0.25) is 0 Å². The van der Waals surface area contributed by atoms with Gasteiger partial charge in [0.05, 0.1) is 5.69 Å². The predicted molar refractivity (Wildman–Crippen MR) is 64.4 cm³/mol. The van der Waals surface area contributed by atoms with Gasteiger partial charge in [-0.1, -0.05) is 20.3 Å². The summed E-state index contributed by atoms with van der Waals surface area (Å²) in [7, 11) is 0. The van der Waals surface area contributed by atoms with Crippen LogP contribution in [0, 0.1) is 5.92 Å². The fourth-order valence-electron chi connectivity index (χ4n) is 2.24. The second-order valence-corrected chi connectivity index (χ2v) is 5.18. The highest BCUT2D eigenvalue weighted by Gasteiger charge is 2.15. The molecule has 16 heavy (non-hydrogen) atoms. The molecule has 0 spiro atoms. The molecule has 0 aromatic carbocycles. The fourth-order valence-corrected chi connectivity index (χ4v) is 2.24. The van der Waals surface area contributed by atoms with Crippen LogP contribution in [0.25, 0.3) is 0 Å². The van der Waals surface area contributed by atoms with Gasteiger partial charge in [-0.25, -0.2) is 4.98 Å². The van der Waals surface area contributed by atoms with Crippen molar-refractivity contribution < 1.29 is 4.42 Å². The number of nitrogens with zero attached hydrogens (tertiary/aromatic N) is 1. The lowest BCUT2D eigenvalue weighted by Gasteiger charge is -2.22. The molecule has 1 aliphatic heterocycles. The van der Waals surface area contributed by atoms with Crippen molar-refractivity contribution in [2.75, 3.05) is 6.54 Å². The second-order valence-electron chi connectivity index (χ2n) is 5.18. The average molecular weight is 222 g/mol. The minimum atomic E-state index is 0.603. The molecule has 1 unspecified atom stereocenters.